The first-order valence-electron chi connectivity index (χ1n) is 7.98. The van der Waals surface area contributed by atoms with Gasteiger partial charge in [0.05, 0.1) is 12.7 Å². The molecule has 25 heavy (non-hydrogen) atoms. The highest BCUT2D eigenvalue weighted by Gasteiger charge is 2.19. The third kappa shape index (κ3) is 2.96. The van der Waals surface area contributed by atoms with Gasteiger partial charge in [-0.15, -0.1) is 0 Å². The first kappa shape index (κ1) is 16.7. The fourth-order valence-corrected chi connectivity index (χ4v) is 3.14. The zero-order chi connectivity index (χ0) is 17.8. The molecule has 3 nitrogen and oxygen atoms in total. The van der Waals surface area contributed by atoms with Gasteiger partial charge in [-0.3, -0.25) is 9.59 Å². The second kappa shape index (κ2) is 7.14. The number of hydrogen-bond acceptors (Lipinski definition) is 3. The highest BCUT2D eigenvalue weighted by Crippen LogP contribution is 2.41. The molecule has 3 heteroatoms. The minimum absolute atomic E-state index is 0.498. The summed E-state index contributed by atoms with van der Waals surface area (Å²) >= 11 is 0. The molecule has 0 spiro atoms. The number of hydrogen-bond donors (Lipinski definition) is 0. The third-order valence-corrected chi connectivity index (χ3v) is 4.37. The van der Waals surface area contributed by atoms with Crippen LogP contribution in [0, 0.1) is 6.92 Å². The van der Waals surface area contributed by atoms with Crippen LogP contribution in [-0.2, 0) is 0 Å². The van der Waals surface area contributed by atoms with Crippen LogP contribution in [0.15, 0.2) is 60.7 Å². The Morgan fingerprint density at radius 1 is 0.840 bits per heavy atom. The quantitative estimate of drug-likeness (QED) is 0.621. The van der Waals surface area contributed by atoms with E-state index < -0.39 is 0 Å². The minimum Gasteiger partial charge on any atom is -0.496 e. The van der Waals surface area contributed by atoms with E-state index in [-0.39, 0.29) is 0 Å². The average molecular weight is 330 g/mol. The molecule has 0 radical (unpaired) electrons. The van der Waals surface area contributed by atoms with Crippen molar-refractivity contribution in [2.75, 3.05) is 7.11 Å². The topological polar surface area (TPSA) is 43.4 Å². The second-order valence-electron chi connectivity index (χ2n) is 5.73. The Hall–Kier alpha value is -3.20. The zero-order valence-corrected chi connectivity index (χ0v) is 14.2. The summed E-state index contributed by atoms with van der Waals surface area (Å²) in [5.74, 6) is 0.527. The van der Waals surface area contributed by atoms with Crippen molar-refractivity contribution in [3.8, 4) is 28.0 Å². The van der Waals surface area contributed by atoms with Crippen LogP contribution in [0.3, 0.4) is 0 Å². The molecule has 0 aliphatic carbocycles. The Morgan fingerprint density at radius 2 is 1.52 bits per heavy atom. The highest BCUT2D eigenvalue weighted by atomic mass is 16.5. The van der Waals surface area contributed by atoms with Crippen LogP contribution in [0.4, 0.5) is 0 Å². The van der Waals surface area contributed by atoms with E-state index in [0.29, 0.717) is 16.9 Å². The van der Waals surface area contributed by atoms with Gasteiger partial charge in [-0.2, -0.15) is 0 Å². The number of rotatable bonds is 5. The maximum atomic E-state index is 11.6. The lowest BCUT2D eigenvalue weighted by molar-refractivity contribution is 0.111. The van der Waals surface area contributed by atoms with Crippen molar-refractivity contribution in [3.63, 3.8) is 0 Å². The molecule has 3 rings (SSSR count). The normalized spacial score (nSPS) is 10.3. The van der Waals surface area contributed by atoms with Crippen molar-refractivity contribution >= 4 is 12.6 Å². The van der Waals surface area contributed by atoms with E-state index in [0.717, 1.165) is 40.4 Å². The molecule has 0 unspecified atom stereocenters. The van der Waals surface area contributed by atoms with Crippen LogP contribution < -0.4 is 4.74 Å². The molecule has 0 atom stereocenters. The number of carbonyl (C=O) groups excluding carboxylic acids is 2. The number of aldehydes is 2. The Bertz CT molecular complexity index is 928. The molecule has 0 heterocycles. The summed E-state index contributed by atoms with van der Waals surface area (Å²) in [6.45, 7) is 1.88. The molecule has 0 fully saturated rings. The maximum absolute atomic E-state index is 11.6. The first-order chi connectivity index (χ1) is 12.2. The number of ether oxygens (including phenoxy) is 1. The molecule has 3 aromatic carbocycles. The number of carbonyl (C=O) groups is 2. The monoisotopic (exact) mass is 330 g/mol. The standard InChI is InChI=1S/C22H18O3/c1-15-20(14-24)21(25-2)12-19(16-8-4-3-5-9-16)22(15)18-11-7-6-10-17(18)13-23/h3-14H,1-2H3. The molecule has 0 aromatic heterocycles. The van der Waals surface area contributed by atoms with E-state index in [2.05, 4.69) is 0 Å². The van der Waals surface area contributed by atoms with Gasteiger partial charge in [-0.25, -0.2) is 0 Å². The molecule has 0 N–H and O–H groups in total. The molecule has 0 aliphatic heterocycles. The summed E-state index contributed by atoms with van der Waals surface area (Å²) in [4.78, 5) is 23.2. The lowest BCUT2D eigenvalue weighted by Crippen LogP contribution is -2.01. The molecular formula is C22H18O3. The second-order valence-corrected chi connectivity index (χ2v) is 5.73. The molecule has 0 saturated heterocycles. The third-order valence-electron chi connectivity index (χ3n) is 4.37. The predicted octanol–water partition coefficient (Wildman–Crippen LogP) is 4.96. The van der Waals surface area contributed by atoms with Crippen molar-refractivity contribution in [1.82, 2.24) is 0 Å². The molecule has 0 amide bonds. The molecular weight excluding hydrogens is 312 g/mol. The van der Waals surface area contributed by atoms with Crippen molar-refractivity contribution in [2.24, 2.45) is 0 Å². The summed E-state index contributed by atoms with van der Waals surface area (Å²) < 4.78 is 5.43. The maximum Gasteiger partial charge on any atom is 0.154 e. The van der Waals surface area contributed by atoms with E-state index in [1.807, 2.05) is 61.5 Å². The van der Waals surface area contributed by atoms with Gasteiger partial charge in [0.25, 0.3) is 0 Å². The highest BCUT2D eigenvalue weighted by molar-refractivity contribution is 5.98. The van der Waals surface area contributed by atoms with E-state index in [1.165, 1.54) is 0 Å². The van der Waals surface area contributed by atoms with Crippen LogP contribution in [0.1, 0.15) is 26.3 Å². The SMILES string of the molecule is COc1cc(-c2ccccc2)c(-c2ccccc2C=O)c(C)c1C=O. The van der Waals surface area contributed by atoms with Gasteiger partial charge in [0.15, 0.2) is 12.6 Å². The smallest absolute Gasteiger partial charge is 0.154 e. The van der Waals surface area contributed by atoms with Gasteiger partial charge in [0, 0.05) is 5.56 Å². The summed E-state index contributed by atoms with van der Waals surface area (Å²) in [5, 5.41) is 0. The fraction of sp³-hybridized carbons (Fsp3) is 0.0909. The largest absolute Gasteiger partial charge is 0.496 e. The minimum atomic E-state index is 0.498. The Balaban J connectivity index is 2.43. The van der Waals surface area contributed by atoms with Gasteiger partial charge < -0.3 is 4.74 Å². The lowest BCUT2D eigenvalue weighted by Gasteiger charge is -2.19. The zero-order valence-electron chi connectivity index (χ0n) is 14.2. The van der Waals surface area contributed by atoms with E-state index in [4.69, 9.17) is 4.74 Å². The van der Waals surface area contributed by atoms with Crippen LogP contribution in [0.5, 0.6) is 5.75 Å². The fourth-order valence-electron chi connectivity index (χ4n) is 3.14. The van der Waals surface area contributed by atoms with Crippen molar-refractivity contribution in [3.05, 3.63) is 77.4 Å². The van der Waals surface area contributed by atoms with Gasteiger partial charge in [0.1, 0.15) is 5.75 Å². The van der Waals surface area contributed by atoms with E-state index >= 15 is 0 Å². The van der Waals surface area contributed by atoms with Crippen molar-refractivity contribution < 1.29 is 14.3 Å². The predicted molar refractivity (Wildman–Crippen MR) is 99.4 cm³/mol. The molecule has 124 valence electrons. The molecule has 0 saturated carbocycles. The Morgan fingerprint density at radius 3 is 2.16 bits per heavy atom. The van der Waals surface area contributed by atoms with Crippen molar-refractivity contribution in [1.29, 1.82) is 0 Å². The van der Waals surface area contributed by atoms with E-state index in [1.54, 1.807) is 13.2 Å². The van der Waals surface area contributed by atoms with Crippen LogP contribution in [0.25, 0.3) is 22.3 Å². The van der Waals surface area contributed by atoms with Gasteiger partial charge >= 0.3 is 0 Å². The average Bonchev–Trinajstić information content (AvgIpc) is 2.67. The molecule has 0 aliphatic rings. The Labute approximate surface area is 146 Å². The Kier molecular flexibility index (Phi) is 4.75. The van der Waals surface area contributed by atoms with Crippen LogP contribution in [0.2, 0.25) is 0 Å². The number of benzene rings is 3. The first-order valence-corrected chi connectivity index (χ1v) is 7.98. The summed E-state index contributed by atoms with van der Waals surface area (Å²) in [6.07, 6.45) is 1.64. The van der Waals surface area contributed by atoms with Crippen LogP contribution in [-0.4, -0.2) is 19.7 Å². The van der Waals surface area contributed by atoms with Gasteiger partial charge in [0.2, 0.25) is 0 Å². The lowest BCUT2D eigenvalue weighted by atomic mass is 9.86. The summed E-state index contributed by atoms with van der Waals surface area (Å²) in [7, 11) is 1.55. The van der Waals surface area contributed by atoms with Gasteiger partial charge in [-0.1, -0.05) is 54.6 Å². The number of methoxy groups -OCH3 is 1. The summed E-state index contributed by atoms with van der Waals surface area (Å²) in [5.41, 5.74) is 5.48. The van der Waals surface area contributed by atoms with Crippen LogP contribution >= 0.6 is 0 Å². The van der Waals surface area contributed by atoms with Gasteiger partial charge in [-0.05, 0) is 40.8 Å². The molecule has 3 aromatic rings. The van der Waals surface area contributed by atoms with E-state index in [9.17, 15) is 9.59 Å². The summed E-state index contributed by atoms with van der Waals surface area (Å²) in [6, 6.07) is 19.1. The molecule has 0 bridgehead atoms. The van der Waals surface area contributed by atoms with Crippen molar-refractivity contribution in [2.45, 2.75) is 6.92 Å².